The van der Waals surface area contributed by atoms with Crippen LogP contribution in [0.25, 0.3) is 0 Å². The largest absolute Gasteiger partial charge is 0.396 e. The molecule has 2 atom stereocenters. The Morgan fingerprint density at radius 2 is 2.11 bits per heavy atom. The van der Waals surface area contributed by atoms with E-state index in [0.29, 0.717) is 18.4 Å². The summed E-state index contributed by atoms with van der Waals surface area (Å²) in [6.07, 6.45) is 8.44. The predicted molar refractivity (Wildman–Crippen MR) is 79.0 cm³/mol. The van der Waals surface area contributed by atoms with Crippen LogP contribution < -0.4 is 5.32 Å². The van der Waals surface area contributed by atoms with Crippen molar-refractivity contribution in [1.29, 1.82) is 0 Å². The molecule has 3 nitrogen and oxygen atoms in total. The van der Waals surface area contributed by atoms with E-state index in [1.165, 1.54) is 37.8 Å². The highest BCUT2D eigenvalue weighted by Gasteiger charge is 2.23. The van der Waals surface area contributed by atoms with Gasteiger partial charge in [0.25, 0.3) is 0 Å². The number of aryl methyl sites for hydroxylation is 1. The maximum Gasteiger partial charge on any atom is 0.0462 e. The van der Waals surface area contributed by atoms with Gasteiger partial charge in [0.05, 0.1) is 0 Å². The van der Waals surface area contributed by atoms with Crippen molar-refractivity contribution < 1.29 is 5.11 Å². The van der Waals surface area contributed by atoms with Gasteiger partial charge < -0.3 is 15.0 Å². The van der Waals surface area contributed by atoms with Gasteiger partial charge >= 0.3 is 0 Å². The maximum atomic E-state index is 9.43. The minimum absolute atomic E-state index is 0.360. The molecular weight excluding hydrogens is 236 g/mol. The van der Waals surface area contributed by atoms with Gasteiger partial charge in [-0.05, 0) is 49.8 Å². The Kier molecular flexibility index (Phi) is 5.93. The molecule has 1 saturated carbocycles. The number of aromatic nitrogens is 1. The van der Waals surface area contributed by atoms with E-state index in [1.54, 1.807) is 0 Å². The molecule has 19 heavy (non-hydrogen) atoms. The van der Waals surface area contributed by atoms with E-state index < -0.39 is 0 Å². The first-order valence-corrected chi connectivity index (χ1v) is 7.80. The molecule has 1 aromatic heterocycles. The van der Waals surface area contributed by atoms with Crippen molar-refractivity contribution in [1.82, 2.24) is 9.88 Å². The molecule has 0 saturated heterocycles. The summed E-state index contributed by atoms with van der Waals surface area (Å²) < 4.78 is 2.33. The Balaban J connectivity index is 1.77. The zero-order valence-corrected chi connectivity index (χ0v) is 12.1. The van der Waals surface area contributed by atoms with Gasteiger partial charge in [-0.25, -0.2) is 0 Å². The molecular formula is C16H28N2O. The highest BCUT2D eigenvalue weighted by molar-refractivity contribution is 5.06. The Morgan fingerprint density at radius 3 is 2.84 bits per heavy atom. The monoisotopic (exact) mass is 264 g/mol. The van der Waals surface area contributed by atoms with Crippen LogP contribution in [0.15, 0.2) is 18.3 Å². The second-order valence-electron chi connectivity index (χ2n) is 5.81. The van der Waals surface area contributed by atoms with Gasteiger partial charge in [-0.3, -0.25) is 0 Å². The van der Waals surface area contributed by atoms with E-state index in [-0.39, 0.29) is 0 Å². The average molecular weight is 264 g/mol. The fourth-order valence-corrected chi connectivity index (χ4v) is 3.25. The SMILES string of the molecule is CCCn1cccc1CNCC1CCCCC1CO. The van der Waals surface area contributed by atoms with Gasteiger partial charge in [-0.2, -0.15) is 0 Å². The van der Waals surface area contributed by atoms with E-state index >= 15 is 0 Å². The topological polar surface area (TPSA) is 37.2 Å². The van der Waals surface area contributed by atoms with E-state index in [0.717, 1.165) is 19.6 Å². The van der Waals surface area contributed by atoms with Crippen molar-refractivity contribution in [3.63, 3.8) is 0 Å². The minimum atomic E-state index is 0.360. The van der Waals surface area contributed by atoms with E-state index in [9.17, 15) is 5.11 Å². The fourth-order valence-electron chi connectivity index (χ4n) is 3.25. The molecule has 1 fully saturated rings. The van der Waals surface area contributed by atoms with Gasteiger partial charge in [-0.15, -0.1) is 0 Å². The quantitative estimate of drug-likeness (QED) is 0.794. The molecule has 0 bridgehead atoms. The molecule has 2 N–H and O–H groups in total. The number of nitrogens with one attached hydrogen (secondary N) is 1. The molecule has 2 rings (SSSR count). The molecule has 1 aliphatic carbocycles. The molecule has 3 heteroatoms. The average Bonchev–Trinajstić information content (AvgIpc) is 2.87. The molecule has 1 heterocycles. The molecule has 108 valence electrons. The van der Waals surface area contributed by atoms with Crippen LogP contribution in [0.2, 0.25) is 0 Å². The third-order valence-corrected chi connectivity index (χ3v) is 4.40. The summed E-state index contributed by atoms with van der Waals surface area (Å²) >= 11 is 0. The second kappa shape index (κ2) is 7.71. The number of rotatable bonds is 7. The standard InChI is InChI=1S/C16H28N2O/c1-2-9-18-10-5-8-16(18)12-17-11-14-6-3-4-7-15(14)13-19/h5,8,10,14-15,17,19H,2-4,6-7,9,11-13H2,1H3. The van der Waals surface area contributed by atoms with Crippen molar-refractivity contribution in [2.24, 2.45) is 11.8 Å². The Hall–Kier alpha value is -0.800. The maximum absolute atomic E-state index is 9.43. The Bertz CT molecular complexity index is 361. The van der Waals surface area contributed by atoms with Gasteiger partial charge in [-0.1, -0.05) is 19.8 Å². The van der Waals surface area contributed by atoms with Crippen LogP contribution in [-0.2, 0) is 13.1 Å². The smallest absolute Gasteiger partial charge is 0.0462 e. The lowest BCUT2D eigenvalue weighted by Crippen LogP contribution is -2.32. The van der Waals surface area contributed by atoms with Crippen LogP contribution in [0.4, 0.5) is 0 Å². The molecule has 1 aliphatic rings. The number of aliphatic hydroxyl groups is 1. The van der Waals surface area contributed by atoms with E-state index in [4.69, 9.17) is 0 Å². The molecule has 0 amide bonds. The van der Waals surface area contributed by atoms with Crippen molar-refractivity contribution in [3.05, 3.63) is 24.0 Å². The number of aliphatic hydroxyl groups excluding tert-OH is 1. The van der Waals surface area contributed by atoms with Crippen LogP contribution in [0, 0.1) is 11.8 Å². The second-order valence-corrected chi connectivity index (χ2v) is 5.81. The lowest BCUT2D eigenvalue weighted by Gasteiger charge is -2.30. The summed E-state index contributed by atoms with van der Waals surface area (Å²) in [5.74, 6) is 1.18. The highest BCUT2D eigenvalue weighted by atomic mass is 16.3. The summed E-state index contributed by atoms with van der Waals surface area (Å²) in [4.78, 5) is 0. The van der Waals surface area contributed by atoms with Crippen LogP contribution in [0.5, 0.6) is 0 Å². The molecule has 0 aromatic carbocycles. The van der Waals surface area contributed by atoms with Crippen LogP contribution in [-0.4, -0.2) is 22.8 Å². The van der Waals surface area contributed by atoms with E-state index in [1.807, 2.05) is 0 Å². The predicted octanol–water partition coefficient (Wildman–Crippen LogP) is 2.79. The first-order valence-electron chi connectivity index (χ1n) is 7.80. The summed E-state index contributed by atoms with van der Waals surface area (Å²) in [6.45, 7) is 5.67. The van der Waals surface area contributed by atoms with Crippen molar-refractivity contribution >= 4 is 0 Å². The van der Waals surface area contributed by atoms with Gasteiger partial charge in [0.15, 0.2) is 0 Å². The first-order chi connectivity index (χ1) is 9.35. The number of hydrogen-bond acceptors (Lipinski definition) is 2. The van der Waals surface area contributed by atoms with Crippen LogP contribution in [0.3, 0.4) is 0 Å². The van der Waals surface area contributed by atoms with Crippen molar-refractivity contribution in [2.75, 3.05) is 13.2 Å². The Morgan fingerprint density at radius 1 is 1.32 bits per heavy atom. The number of nitrogens with zero attached hydrogens (tertiary/aromatic N) is 1. The summed E-state index contributed by atoms with van der Waals surface area (Å²) in [7, 11) is 0. The molecule has 0 radical (unpaired) electrons. The minimum Gasteiger partial charge on any atom is -0.396 e. The molecule has 0 aliphatic heterocycles. The molecule has 0 spiro atoms. The summed E-state index contributed by atoms with van der Waals surface area (Å²) in [5.41, 5.74) is 1.37. The summed E-state index contributed by atoms with van der Waals surface area (Å²) in [6, 6.07) is 4.33. The Labute approximate surface area is 117 Å². The fraction of sp³-hybridized carbons (Fsp3) is 0.750. The highest BCUT2D eigenvalue weighted by Crippen LogP contribution is 2.29. The van der Waals surface area contributed by atoms with Crippen molar-refractivity contribution in [3.8, 4) is 0 Å². The first kappa shape index (κ1) is 14.6. The van der Waals surface area contributed by atoms with Gasteiger partial charge in [0.2, 0.25) is 0 Å². The van der Waals surface area contributed by atoms with Crippen LogP contribution >= 0.6 is 0 Å². The van der Waals surface area contributed by atoms with Gasteiger partial charge in [0, 0.05) is 31.6 Å². The number of hydrogen-bond donors (Lipinski definition) is 2. The third kappa shape index (κ3) is 4.08. The zero-order valence-electron chi connectivity index (χ0n) is 12.1. The zero-order chi connectivity index (χ0) is 13.5. The lowest BCUT2D eigenvalue weighted by atomic mass is 9.79. The summed E-state index contributed by atoms with van der Waals surface area (Å²) in [5, 5.41) is 13.0. The third-order valence-electron chi connectivity index (χ3n) is 4.40. The molecule has 2 unspecified atom stereocenters. The van der Waals surface area contributed by atoms with Crippen molar-refractivity contribution in [2.45, 2.75) is 52.1 Å². The lowest BCUT2D eigenvalue weighted by molar-refractivity contribution is 0.133. The van der Waals surface area contributed by atoms with E-state index in [2.05, 4.69) is 35.1 Å². The normalized spacial score (nSPS) is 23.7. The van der Waals surface area contributed by atoms with Gasteiger partial charge in [0.1, 0.15) is 0 Å². The molecule has 1 aromatic rings. The van der Waals surface area contributed by atoms with Crippen LogP contribution in [0.1, 0.15) is 44.7 Å².